The van der Waals surface area contributed by atoms with Gasteiger partial charge in [0.15, 0.2) is 0 Å². The molecule has 2 N–H and O–H groups in total. The summed E-state index contributed by atoms with van der Waals surface area (Å²) in [5, 5.41) is 7.83. The van der Waals surface area contributed by atoms with E-state index >= 15 is 0 Å². The van der Waals surface area contributed by atoms with Gasteiger partial charge in [-0.25, -0.2) is 4.79 Å². The van der Waals surface area contributed by atoms with Gasteiger partial charge in [0.05, 0.1) is 0 Å². The van der Waals surface area contributed by atoms with E-state index in [0.29, 0.717) is 17.8 Å². The lowest BCUT2D eigenvalue weighted by Crippen LogP contribution is -2.53. The van der Waals surface area contributed by atoms with E-state index in [1.807, 2.05) is 73.7 Å². The second-order valence-corrected chi connectivity index (χ2v) is 12.4. The van der Waals surface area contributed by atoms with Crippen molar-refractivity contribution in [3.63, 3.8) is 0 Å². The number of nitrogens with zero attached hydrogens (tertiary/aromatic N) is 1. The topological polar surface area (TPSA) is 87.7 Å². The summed E-state index contributed by atoms with van der Waals surface area (Å²) < 4.78 is 5.42. The van der Waals surface area contributed by atoms with Crippen LogP contribution in [0.2, 0.25) is 0 Å². The van der Waals surface area contributed by atoms with Crippen molar-refractivity contribution in [2.45, 2.75) is 90.8 Å². The maximum absolute atomic E-state index is 14.2. The fraction of sp³-hybridized carbons (Fsp3) is 0.457. The zero-order valence-electron chi connectivity index (χ0n) is 26.2. The molecule has 232 valence electrons. The molecule has 0 saturated carbocycles. The minimum atomic E-state index is -0.973. The van der Waals surface area contributed by atoms with Gasteiger partial charge in [0.25, 0.3) is 5.91 Å². The predicted molar refractivity (Wildman–Crippen MR) is 179 cm³/mol. The number of amides is 3. The highest BCUT2D eigenvalue weighted by molar-refractivity contribution is 7.80. The summed E-state index contributed by atoms with van der Waals surface area (Å²) in [5.41, 5.74) is 1.60. The first-order chi connectivity index (χ1) is 20.5. The minimum Gasteiger partial charge on any atom is -0.444 e. The number of carbonyl (C=O) groups excluding carboxylic acids is 3. The number of thiol groups is 1. The Balaban J connectivity index is 1.96. The van der Waals surface area contributed by atoms with E-state index in [0.717, 1.165) is 48.4 Å². The van der Waals surface area contributed by atoms with Gasteiger partial charge in [-0.15, -0.1) is 0 Å². The van der Waals surface area contributed by atoms with Crippen molar-refractivity contribution in [2.24, 2.45) is 0 Å². The zero-order chi connectivity index (χ0) is 31.4. The Morgan fingerprint density at radius 3 is 2.26 bits per heavy atom. The van der Waals surface area contributed by atoms with E-state index in [-0.39, 0.29) is 17.6 Å². The van der Waals surface area contributed by atoms with Gasteiger partial charge < -0.3 is 20.3 Å². The quantitative estimate of drug-likeness (QED) is 0.129. The molecule has 3 aromatic carbocycles. The number of unbranched alkanes of at least 4 members (excludes halogenated alkanes) is 5. The number of rotatable bonds is 14. The van der Waals surface area contributed by atoms with Gasteiger partial charge in [0, 0.05) is 18.0 Å². The normalized spacial score (nSPS) is 12.8. The molecular weight excluding hydrogens is 558 g/mol. The molecule has 0 aliphatic carbocycles. The predicted octanol–water partition coefficient (Wildman–Crippen LogP) is 7.84. The third-order valence-electron chi connectivity index (χ3n) is 7.14. The first kappa shape index (κ1) is 34.0. The molecule has 0 radical (unpaired) electrons. The van der Waals surface area contributed by atoms with Crippen LogP contribution in [0.25, 0.3) is 10.8 Å². The smallest absolute Gasteiger partial charge is 0.408 e. The third-order valence-corrected chi connectivity index (χ3v) is 7.51. The molecule has 7 nitrogen and oxygen atoms in total. The fourth-order valence-corrected chi connectivity index (χ4v) is 5.30. The number of nitrogens with one attached hydrogen (secondary N) is 2. The van der Waals surface area contributed by atoms with Crippen molar-refractivity contribution in [3.05, 3.63) is 77.9 Å². The van der Waals surface area contributed by atoms with Crippen LogP contribution in [0.3, 0.4) is 0 Å². The summed E-state index contributed by atoms with van der Waals surface area (Å²) in [5.74, 6) is -0.650. The van der Waals surface area contributed by atoms with Crippen LogP contribution in [-0.4, -0.2) is 46.7 Å². The van der Waals surface area contributed by atoms with Gasteiger partial charge in [-0.1, -0.05) is 99.2 Å². The maximum atomic E-state index is 14.2. The Kier molecular flexibility index (Phi) is 12.9. The second-order valence-electron chi connectivity index (χ2n) is 12.0. The molecule has 0 spiro atoms. The zero-order valence-corrected chi connectivity index (χ0v) is 27.1. The first-order valence-corrected chi connectivity index (χ1v) is 15.9. The average Bonchev–Trinajstić information content (AvgIpc) is 2.95. The minimum absolute atomic E-state index is 0.0535. The molecule has 0 bridgehead atoms. The second kappa shape index (κ2) is 16.4. The van der Waals surface area contributed by atoms with E-state index in [1.165, 1.54) is 6.42 Å². The van der Waals surface area contributed by atoms with Gasteiger partial charge >= 0.3 is 6.09 Å². The van der Waals surface area contributed by atoms with Crippen LogP contribution in [0.5, 0.6) is 0 Å². The van der Waals surface area contributed by atoms with Gasteiger partial charge in [0.2, 0.25) is 5.91 Å². The number of hydrogen-bond acceptors (Lipinski definition) is 5. The number of anilines is 1. The number of aryl methyl sites for hydroxylation is 1. The fourth-order valence-electron chi connectivity index (χ4n) is 5.06. The van der Waals surface area contributed by atoms with E-state index in [4.69, 9.17) is 4.74 Å². The van der Waals surface area contributed by atoms with E-state index < -0.39 is 23.8 Å². The molecular formula is C35H47N3O4S. The number of fused-ring (bicyclic) bond motifs is 1. The molecule has 0 heterocycles. The highest BCUT2D eigenvalue weighted by Crippen LogP contribution is 2.27. The van der Waals surface area contributed by atoms with Crippen molar-refractivity contribution in [3.8, 4) is 0 Å². The van der Waals surface area contributed by atoms with Crippen LogP contribution < -0.4 is 10.6 Å². The summed E-state index contributed by atoms with van der Waals surface area (Å²) in [7, 11) is 0. The van der Waals surface area contributed by atoms with E-state index in [1.54, 1.807) is 25.7 Å². The van der Waals surface area contributed by atoms with Gasteiger partial charge in [-0.2, -0.15) is 12.6 Å². The average molecular weight is 606 g/mol. The molecule has 3 rings (SSSR count). The van der Waals surface area contributed by atoms with Gasteiger partial charge in [-0.3, -0.25) is 9.59 Å². The number of hydrogen-bond donors (Lipinski definition) is 3. The van der Waals surface area contributed by atoms with E-state index in [9.17, 15) is 14.4 Å². The van der Waals surface area contributed by atoms with E-state index in [2.05, 4.69) is 30.2 Å². The summed E-state index contributed by atoms with van der Waals surface area (Å²) in [4.78, 5) is 42.6. The number of alkyl carbamates (subject to hydrolysis) is 1. The largest absolute Gasteiger partial charge is 0.444 e. The van der Waals surface area contributed by atoms with Crippen molar-refractivity contribution in [1.29, 1.82) is 0 Å². The van der Waals surface area contributed by atoms with Crippen LogP contribution in [0.15, 0.2) is 66.7 Å². The van der Waals surface area contributed by atoms with Crippen LogP contribution in [0, 0.1) is 6.92 Å². The highest BCUT2D eigenvalue weighted by atomic mass is 32.1. The summed E-state index contributed by atoms with van der Waals surface area (Å²) >= 11 is 4.40. The molecule has 8 heteroatoms. The van der Waals surface area contributed by atoms with Crippen LogP contribution >= 0.6 is 12.6 Å². The Hall–Kier alpha value is -3.52. The Morgan fingerprint density at radius 1 is 0.884 bits per heavy atom. The van der Waals surface area contributed by atoms with Crippen molar-refractivity contribution in [2.75, 3.05) is 17.6 Å². The molecule has 43 heavy (non-hydrogen) atoms. The Labute approximate surface area is 262 Å². The molecule has 0 saturated heterocycles. The SMILES string of the molecule is CCCCCCCCN(C(=O)C(CS)NC(=O)OC(C)(C)C)C(C(=O)Nc1ccc2ccccc2c1)c1cccc(C)c1. The van der Waals surface area contributed by atoms with Crippen molar-refractivity contribution < 1.29 is 19.1 Å². The molecule has 0 aliphatic heterocycles. The number of ether oxygens (including phenoxy) is 1. The number of benzene rings is 3. The van der Waals surface area contributed by atoms with Gasteiger partial charge in [-0.05, 0) is 62.6 Å². The Bertz CT molecular complexity index is 1370. The molecule has 0 aliphatic rings. The lowest BCUT2D eigenvalue weighted by atomic mass is 10.00. The van der Waals surface area contributed by atoms with Gasteiger partial charge in [0.1, 0.15) is 17.7 Å². The number of carbonyl (C=O) groups is 3. The first-order valence-electron chi connectivity index (χ1n) is 15.3. The summed E-state index contributed by atoms with van der Waals surface area (Å²) in [6.45, 7) is 9.78. The summed E-state index contributed by atoms with van der Waals surface area (Å²) in [6, 6.07) is 19.5. The lowest BCUT2D eigenvalue weighted by Gasteiger charge is -2.34. The van der Waals surface area contributed by atoms with Crippen LogP contribution in [0.4, 0.5) is 10.5 Å². The maximum Gasteiger partial charge on any atom is 0.408 e. The third kappa shape index (κ3) is 10.6. The van der Waals surface area contributed by atoms with Crippen LogP contribution in [-0.2, 0) is 14.3 Å². The monoisotopic (exact) mass is 605 g/mol. The van der Waals surface area contributed by atoms with Crippen molar-refractivity contribution >= 4 is 47.0 Å². The Morgan fingerprint density at radius 2 is 1.58 bits per heavy atom. The molecule has 3 aromatic rings. The lowest BCUT2D eigenvalue weighted by molar-refractivity contribution is -0.140. The van der Waals surface area contributed by atoms with Crippen LogP contribution in [0.1, 0.15) is 83.4 Å². The molecule has 3 amide bonds. The highest BCUT2D eigenvalue weighted by Gasteiger charge is 2.36. The molecule has 0 aromatic heterocycles. The molecule has 2 unspecified atom stereocenters. The molecule has 0 fully saturated rings. The summed E-state index contributed by atoms with van der Waals surface area (Å²) in [6.07, 6.45) is 5.47. The molecule has 2 atom stereocenters. The van der Waals surface area contributed by atoms with Crippen molar-refractivity contribution in [1.82, 2.24) is 10.2 Å². The standard InChI is InChI=1S/C35H47N3O4S/c1-6-7-8-9-10-13-21-38(33(40)30(24-43)37-34(41)42-35(3,4)5)31(28-18-14-15-25(2)22-28)32(39)36-29-20-19-26-16-11-12-17-27(26)23-29/h11-12,14-20,22-23,30-31,43H,6-10,13,21,24H2,1-5H3,(H,36,39)(H,37,41).